The van der Waals surface area contributed by atoms with Gasteiger partial charge in [0.05, 0.1) is 17.0 Å². The Morgan fingerprint density at radius 1 is 1.08 bits per heavy atom. The molecule has 1 aliphatic rings. The molecule has 1 N–H and O–H groups in total. The van der Waals surface area contributed by atoms with Crippen molar-refractivity contribution in [3.63, 3.8) is 0 Å². The van der Waals surface area contributed by atoms with Crippen molar-refractivity contribution in [1.82, 2.24) is 14.0 Å². The fraction of sp³-hybridized carbons (Fsp3) is 0.421. The minimum Gasteiger partial charge on any atom is -0.495 e. The summed E-state index contributed by atoms with van der Waals surface area (Å²) in [6.45, 7) is -2.39. The van der Waals surface area contributed by atoms with Gasteiger partial charge in [0.1, 0.15) is 16.3 Å². The molecule has 0 saturated carbocycles. The Kier molecular flexibility index (Phi) is 8.18. The number of pyridine rings is 1. The van der Waals surface area contributed by atoms with Crippen LogP contribution in [0.1, 0.15) is 12.8 Å². The first-order chi connectivity index (χ1) is 16.9. The van der Waals surface area contributed by atoms with E-state index in [4.69, 9.17) is 16.3 Å². The van der Waals surface area contributed by atoms with E-state index < -0.39 is 88.4 Å². The van der Waals surface area contributed by atoms with Gasteiger partial charge in [0.15, 0.2) is 5.03 Å². The summed E-state index contributed by atoms with van der Waals surface area (Å²) in [4.78, 5) is 2.31. The summed E-state index contributed by atoms with van der Waals surface area (Å²) in [5.41, 5.74) is -8.12. The number of piperidine rings is 1. The fourth-order valence-electron chi connectivity index (χ4n) is 3.45. The standard InChI is InChI=1S/C19H20ClF4N3O7S3/c1-34-14-11-15(35(28,29)17-4-2-3-7-25-17)16(10-13(14)20)36(30,31)27-8-5-18(21,6-9-27)12-26-37(32,33)19(22,23)24/h2-4,7,10-11,26H,5-6,8-9,12H2,1H3. The fourth-order valence-corrected chi connectivity index (χ4v) is 7.81. The molecule has 3 rings (SSSR count). The Hall–Kier alpha value is -2.05. The van der Waals surface area contributed by atoms with Crippen molar-refractivity contribution in [1.29, 1.82) is 0 Å². The topological polar surface area (TPSA) is 140 Å². The zero-order valence-corrected chi connectivity index (χ0v) is 22.1. The molecule has 2 aromatic rings. The van der Waals surface area contributed by atoms with E-state index in [9.17, 15) is 38.4 Å². The van der Waals surface area contributed by atoms with Gasteiger partial charge in [-0.1, -0.05) is 17.7 Å². The first-order valence-corrected chi connectivity index (χ1v) is 15.0. The number of rotatable bonds is 8. The molecular formula is C19H20ClF4N3O7S3. The van der Waals surface area contributed by atoms with Crippen LogP contribution in [0.25, 0.3) is 0 Å². The third kappa shape index (κ3) is 6.01. The van der Waals surface area contributed by atoms with Gasteiger partial charge in [0.25, 0.3) is 0 Å². The molecule has 18 heteroatoms. The van der Waals surface area contributed by atoms with Gasteiger partial charge in [-0.05, 0) is 31.0 Å². The lowest BCUT2D eigenvalue weighted by Crippen LogP contribution is -2.51. The highest BCUT2D eigenvalue weighted by atomic mass is 35.5. The average molecular weight is 610 g/mol. The summed E-state index contributed by atoms with van der Waals surface area (Å²) in [6.07, 6.45) is -0.148. The smallest absolute Gasteiger partial charge is 0.495 e. The lowest BCUT2D eigenvalue weighted by atomic mass is 9.95. The first kappa shape index (κ1) is 29.5. The molecule has 37 heavy (non-hydrogen) atoms. The Labute approximate surface area is 215 Å². The molecule has 0 atom stereocenters. The first-order valence-electron chi connectivity index (χ1n) is 10.2. The highest BCUT2D eigenvalue weighted by molar-refractivity contribution is 7.93. The molecule has 0 aliphatic carbocycles. The maximum atomic E-state index is 15.1. The second-order valence-electron chi connectivity index (χ2n) is 7.93. The van der Waals surface area contributed by atoms with E-state index in [0.717, 1.165) is 27.2 Å². The van der Waals surface area contributed by atoms with Crippen molar-refractivity contribution in [2.45, 2.75) is 38.8 Å². The van der Waals surface area contributed by atoms with Crippen molar-refractivity contribution in [2.75, 3.05) is 26.7 Å². The van der Waals surface area contributed by atoms with Crippen molar-refractivity contribution < 1.29 is 47.6 Å². The van der Waals surface area contributed by atoms with Gasteiger partial charge < -0.3 is 4.74 Å². The number of hydrogen-bond donors (Lipinski definition) is 1. The van der Waals surface area contributed by atoms with Gasteiger partial charge in [0.2, 0.25) is 19.9 Å². The molecule has 1 fully saturated rings. The molecule has 1 aromatic carbocycles. The quantitative estimate of drug-likeness (QED) is 0.450. The number of methoxy groups -OCH3 is 1. The van der Waals surface area contributed by atoms with E-state index >= 15 is 4.39 Å². The molecule has 1 aliphatic heterocycles. The van der Waals surface area contributed by atoms with Gasteiger partial charge in [-0.25, -0.2) is 39.3 Å². The summed E-state index contributed by atoms with van der Waals surface area (Å²) >= 11 is 6.07. The number of nitrogens with one attached hydrogen (secondary N) is 1. The van der Waals surface area contributed by atoms with Crippen LogP contribution in [0.5, 0.6) is 5.75 Å². The van der Waals surface area contributed by atoms with Gasteiger partial charge in [-0.15, -0.1) is 0 Å². The molecule has 0 spiro atoms. The third-order valence-electron chi connectivity index (χ3n) is 5.54. The predicted molar refractivity (Wildman–Crippen MR) is 123 cm³/mol. The zero-order valence-electron chi connectivity index (χ0n) is 18.9. The Morgan fingerprint density at radius 3 is 2.22 bits per heavy atom. The Morgan fingerprint density at radius 2 is 1.70 bits per heavy atom. The van der Waals surface area contributed by atoms with Gasteiger partial charge in [0, 0.05) is 31.9 Å². The highest BCUT2D eigenvalue weighted by Crippen LogP contribution is 2.38. The lowest BCUT2D eigenvalue weighted by Gasteiger charge is -2.36. The van der Waals surface area contributed by atoms with Crippen LogP contribution in [0.4, 0.5) is 17.6 Å². The van der Waals surface area contributed by atoms with Crippen LogP contribution in [-0.4, -0.2) is 72.5 Å². The number of aromatic nitrogens is 1. The number of halogens is 5. The maximum absolute atomic E-state index is 15.1. The van der Waals surface area contributed by atoms with Crippen LogP contribution in [0, 0.1) is 0 Å². The van der Waals surface area contributed by atoms with Crippen molar-refractivity contribution in [3.05, 3.63) is 41.6 Å². The van der Waals surface area contributed by atoms with Crippen molar-refractivity contribution in [3.8, 4) is 5.75 Å². The maximum Gasteiger partial charge on any atom is 0.511 e. The summed E-state index contributed by atoms with van der Waals surface area (Å²) < 4.78 is 135. The monoisotopic (exact) mass is 609 g/mol. The molecule has 206 valence electrons. The Balaban J connectivity index is 1.93. The van der Waals surface area contributed by atoms with Crippen LogP contribution in [0.3, 0.4) is 0 Å². The number of sulfonamides is 2. The number of alkyl halides is 4. The van der Waals surface area contributed by atoms with Crippen LogP contribution >= 0.6 is 11.6 Å². The second kappa shape index (κ2) is 10.3. The van der Waals surface area contributed by atoms with E-state index in [-0.39, 0.29) is 10.8 Å². The molecule has 0 radical (unpaired) electrons. The van der Waals surface area contributed by atoms with Crippen LogP contribution < -0.4 is 9.46 Å². The lowest BCUT2D eigenvalue weighted by molar-refractivity contribution is -0.0452. The van der Waals surface area contributed by atoms with Crippen LogP contribution in [0.15, 0.2) is 51.3 Å². The molecule has 0 amide bonds. The number of nitrogens with zero attached hydrogens (tertiary/aromatic N) is 2. The molecule has 0 bridgehead atoms. The number of ether oxygens (including phenoxy) is 1. The molecule has 0 unspecified atom stereocenters. The molecular weight excluding hydrogens is 590 g/mol. The van der Waals surface area contributed by atoms with Gasteiger partial charge in [-0.2, -0.15) is 17.5 Å². The predicted octanol–water partition coefficient (Wildman–Crippen LogP) is 2.51. The normalized spacial score (nSPS) is 17.5. The van der Waals surface area contributed by atoms with Gasteiger partial charge >= 0.3 is 15.5 Å². The number of benzene rings is 1. The largest absolute Gasteiger partial charge is 0.511 e. The molecule has 2 heterocycles. The molecule has 10 nitrogen and oxygen atoms in total. The number of hydrogen-bond acceptors (Lipinski definition) is 8. The van der Waals surface area contributed by atoms with E-state index in [1.54, 1.807) is 0 Å². The zero-order chi connectivity index (χ0) is 27.9. The second-order valence-corrected chi connectivity index (χ2v) is 13.9. The molecule has 1 saturated heterocycles. The van der Waals surface area contributed by atoms with E-state index in [1.807, 2.05) is 0 Å². The SMILES string of the molecule is COc1cc(S(=O)(=O)c2ccccn2)c(S(=O)(=O)N2CCC(F)(CNS(=O)(=O)C(F)(F)F)CC2)cc1Cl. The summed E-state index contributed by atoms with van der Waals surface area (Å²) in [7, 11) is -13.8. The van der Waals surface area contributed by atoms with Crippen LogP contribution in [0.2, 0.25) is 5.02 Å². The van der Waals surface area contributed by atoms with Gasteiger partial charge in [-0.3, -0.25) is 0 Å². The van der Waals surface area contributed by atoms with E-state index in [0.29, 0.717) is 0 Å². The van der Waals surface area contributed by atoms with Crippen molar-refractivity contribution >= 4 is 41.5 Å². The van der Waals surface area contributed by atoms with Crippen molar-refractivity contribution in [2.24, 2.45) is 0 Å². The Bertz CT molecular complexity index is 1480. The van der Waals surface area contributed by atoms with Crippen LogP contribution in [-0.2, 0) is 29.9 Å². The molecule has 1 aromatic heterocycles. The summed E-state index contributed by atoms with van der Waals surface area (Å²) in [5, 5.41) is -0.700. The van der Waals surface area contributed by atoms with E-state index in [2.05, 4.69) is 4.98 Å². The average Bonchev–Trinajstić information content (AvgIpc) is 2.83. The number of sulfone groups is 1. The minimum absolute atomic E-state index is 0.145. The van der Waals surface area contributed by atoms with E-state index in [1.165, 1.54) is 25.4 Å². The highest BCUT2D eigenvalue weighted by Gasteiger charge is 2.48. The summed E-state index contributed by atoms with van der Waals surface area (Å²) in [6, 6.07) is 5.74. The third-order valence-corrected chi connectivity index (χ3v) is 10.7. The summed E-state index contributed by atoms with van der Waals surface area (Å²) in [5.74, 6) is -0.145. The minimum atomic E-state index is -5.80.